The van der Waals surface area contributed by atoms with Gasteiger partial charge in [-0.3, -0.25) is 9.69 Å². The van der Waals surface area contributed by atoms with Crippen LogP contribution in [0.3, 0.4) is 0 Å². The van der Waals surface area contributed by atoms with Gasteiger partial charge in [-0.2, -0.15) is 0 Å². The number of nitrogens with one attached hydrogen (secondary N) is 1. The van der Waals surface area contributed by atoms with Crippen molar-refractivity contribution in [2.75, 3.05) is 13.6 Å². The van der Waals surface area contributed by atoms with E-state index in [9.17, 15) is 4.79 Å². The first-order valence-electron chi connectivity index (χ1n) is 5.88. The molecule has 18 heavy (non-hydrogen) atoms. The summed E-state index contributed by atoms with van der Waals surface area (Å²) in [5, 5.41) is 2.80. The summed E-state index contributed by atoms with van der Waals surface area (Å²) in [6.45, 7) is 6.74. The van der Waals surface area contributed by atoms with Crippen molar-refractivity contribution < 1.29 is 4.79 Å². The molecule has 0 fully saturated rings. The maximum atomic E-state index is 11.8. The van der Waals surface area contributed by atoms with E-state index in [1.807, 2.05) is 31.0 Å². The first-order valence-corrected chi connectivity index (χ1v) is 6.67. The Kier molecular flexibility index (Phi) is 6.09. The first-order chi connectivity index (χ1) is 8.54. The van der Waals surface area contributed by atoms with Gasteiger partial charge >= 0.3 is 0 Å². The van der Waals surface area contributed by atoms with E-state index in [4.69, 9.17) is 0 Å². The molecule has 0 aliphatic carbocycles. The Morgan fingerprint density at radius 3 is 2.67 bits per heavy atom. The first kappa shape index (κ1) is 14.9. The zero-order valence-electron chi connectivity index (χ0n) is 10.8. The molecule has 0 radical (unpaired) electrons. The van der Waals surface area contributed by atoms with Crippen molar-refractivity contribution in [3.8, 4) is 0 Å². The molecule has 0 saturated carbocycles. The molecule has 3 nitrogen and oxygen atoms in total. The summed E-state index contributed by atoms with van der Waals surface area (Å²) in [5.74, 6) is 0.0227. The van der Waals surface area contributed by atoms with Crippen LogP contribution in [0.15, 0.2) is 41.4 Å². The SMILES string of the molecule is C=CCNC(=O)C(C)N(C)Cc1ccc(Br)cc1. The largest absolute Gasteiger partial charge is 0.351 e. The fraction of sp³-hybridized carbons (Fsp3) is 0.357. The lowest BCUT2D eigenvalue weighted by Crippen LogP contribution is -2.42. The molecular weight excluding hydrogens is 292 g/mol. The Bertz CT molecular complexity index is 403. The third-order valence-electron chi connectivity index (χ3n) is 2.81. The number of amides is 1. The quantitative estimate of drug-likeness (QED) is 0.819. The normalized spacial score (nSPS) is 12.2. The molecule has 0 spiro atoms. The molecule has 0 heterocycles. The highest BCUT2D eigenvalue weighted by Crippen LogP contribution is 2.12. The summed E-state index contributed by atoms with van der Waals surface area (Å²) in [6.07, 6.45) is 1.68. The van der Waals surface area contributed by atoms with E-state index in [0.29, 0.717) is 6.54 Å². The molecule has 4 heteroatoms. The lowest BCUT2D eigenvalue weighted by atomic mass is 10.2. The van der Waals surface area contributed by atoms with Crippen LogP contribution in [0, 0.1) is 0 Å². The molecular formula is C14H19BrN2O. The molecule has 1 aromatic carbocycles. The highest BCUT2D eigenvalue weighted by Gasteiger charge is 2.17. The third kappa shape index (κ3) is 4.63. The predicted octanol–water partition coefficient (Wildman–Crippen LogP) is 2.57. The van der Waals surface area contributed by atoms with Crippen LogP contribution in [0.2, 0.25) is 0 Å². The molecule has 1 atom stereocenters. The van der Waals surface area contributed by atoms with E-state index < -0.39 is 0 Å². The number of hydrogen-bond donors (Lipinski definition) is 1. The topological polar surface area (TPSA) is 32.3 Å². The summed E-state index contributed by atoms with van der Waals surface area (Å²) < 4.78 is 1.06. The molecule has 0 saturated heterocycles. The monoisotopic (exact) mass is 310 g/mol. The predicted molar refractivity (Wildman–Crippen MR) is 78.3 cm³/mol. The van der Waals surface area contributed by atoms with E-state index in [-0.39, 0.29) is 11.9 Å². The molecule has 1 amide bonds. The highest BCUT2D eigenvalue weighted by atomic mass is 79.9. The van der Waals surface area contributed by atoms with Gasteiger partial charge in [-0.15, -0.1) is 6.58 Å². The summed E-state index contributed by atoms with van der Waals surface area (Å²) in [5.41, 5.74) is 1.18. The zero-order valence-corrected chi connectivity index (χ0v) is 12.4. The Labute approximate surface area is 117 Å². The minimum Gasteiger partial charge on any atom is -0.351 e. The number of rotatable bonds is 6. The Hall–Kier alpha value is -1.13. The van der Waals surface area contributed by atoms with E-state index in [1.54, 1.807) is 6.08 Å². The molecule has 98 valence electrons. The summed E-state index contributed by atoms with van der Waals surface area (Å²) >= 11 is 3.41. The standard InChI is InChI=1S/C14H19BrN2O/c1-4-9-16-14(18)11(2)17(3)10-12-5-7-13(15)8-6-12/h4-8,11H,1,9-10H2,2-3H3,(H,16,18). The van der Waals surface area contributed by atoms with Gasteiger partial charge in [-0.25, -0.2) is 0 Å². The smallest absolute Gasteiger partial charge is 0.237 e. The fourth-order valence-electron chi connectivity index (χ4n) is 1.54. The molecule has 0 aliphatic heterocycles. The van der Waals surface area contributed by atoms with Crippen molar-refractivity contribution >= 4 is 21.8 Å². The average molecular weight is 311 g/mol. The summed E-state index contributed by atoms with van der Waals surface area (Å²) in [7, 11) is 1.94. The van der Waals surface area contributed by atoms with Gasteiger partial charge in [0.05, 0.1) is 6.04 Å². The number of carbonyl (C=O) groups is 1. The number of likely N-dealkylation sites (N-methyl/N-ethyl adjacent to an activating group) is 1. The van der Waals surface area contributed by atoms with Crippen molar-refractivity contribution in [2.45, 2.75) is 19.5 Å². The van der Waals surface area contributed by atoms with Gasteiger partial charge in [0.15, 0.2) is 0 Å². The molecule has 1 unspecified atom stereocenters. The second-order valence-corrected chi connectivity index (χ2v) is 5.17. The minimum atomic E-state index is -0.159. The molecule has 0 bridgehead atoms. The van der Waals surface area contributed by atoms with Crippen molar-refractivity contribution in [2.24, 2.45) is 0 Å². The van der Waals surface area contributed by atoms with E-state index in [2.05, 4.69) is 40.0 Å². The van der Waals surface area contributed by atoms with Crippen LogP contribution in [0.5, 0.6) is 0 Å². The fourth-order valence-corrected chi connectivity index (χ4v) is 1.80. The van der Waals surface area contributed by atoms with E-state index in [0.717, 1.165) is 11.0 Å². The lowest BCUT2D eigenvalue weighted by molar-refractivity contribution is -0.125. The summed E-state index contributed by atoms with van der Waals surface area (Å²) in [4.78, 5) is 13.8. The summed E-state index contributed by atoms with van der Waals surface area (Å²) in [6, 6.07) is 7.95. The Morgan fingerprint density at radius 1 is 1.50 bits per heavy atom. The van der Waals surface area contributed by atoms with Crippen LogP contribution in [0.4, 0.5) is 0 Å². The van der Waals surface area contributed by atoms with Gasteiger partial charge in [0.2, 0.25) is 5.91 Å². The number of nitrogens with zero attached hydrogens (tertiary/aromatic N) is 1. The second kappa shape index (κ2) is 7.34. The maximum absolute atomic E-state index is 11.8. The number of hydrogen-bond acceptors (Lipinski definition) is 2. The van der Waals surface area contributed by atoms with Gasteiger partial charge in [0, 0.05) is 17.6 Å². The van der Waals surface area contributed by atoms with Crippen molar-refractivity contribution in [1.82, 2.24) is 10.2 Å². The van der Waals surface area contributed by atoms with Crippen molar-refractivity contribution in [3.63, 3.8) is 0 Å². The average Bonchev–Trinajstić information content (AvgIpc) is 2.37. The van der Waals surface area contributed by atoms with Crippen LogP contribution in [0.1, 0.15) is 12.5 Å². The van der Waals surface area contributed by atoms with Crippen molar-refractivity contribution in [3.05, 3.63) is 47.0 Å². The molecule has 1 N–H and O–H groups in total. The van der Waals surface area contributed by atoms with Crippen LogP contribution in [-0.4, -0.2) is 30.4 Å². The Balaban J connectivity index is 2.53. The van der Waals surface area contributed by atoms with Crippen LogP contribution < -0.4 is 5.32 Å². The Morgan fingerprint density at radius 2 is 2.11 bits per heavy atom. The van der Waals surface area contributed by atoms with Crippen molar-refractivity contribution in [1.29, 1.82) is 0 Å². The second-order valence-electron chi connectivity index (χ2n) is 4.25. The molecule has 0 aliphatic rings. The lowest BCUT2D eigenvalue weighted by Gasteiger charge is -2.23. The number of benzene rings is 1. The minimum absolute atomic E-state index is 0.0227. The highest BCUT2D eigenvalue weighted by molar-refractivity contribution is 9.10. The zero-order chi connectivity index (χ0) is 13.5. The van der Waals surface area contributed by atoms with Gasteiger partial charge in [-0.1, -0.05) is 34.1 Å². The van der Waals surface area contributed by atoms with Gasteiger partial charge in [0.1, 0.15) is 0 Å². The molecule has 1 aromatic rings. The molecule has 1 rings (SSSR count). The van der Waals surface area contributed by atoms with E-state index >= 15 is 0 Å². The van der Waals surface area contributed by atoms with Gasteiger partial charge in [-0.05, 0) is 31.7 Å². The van der Waals surface area contributed by atoms with Crippen LogP contribution >= 0.6 is 15.9 Å². The van der Waals surface area contributed by atoms with Crippen LogP contribution in [-0.2, 0) is 11.3 Å². The van der Waals surface area contributed by atoms with Crippen LogP contribution in [0.25, 0.3) is 0 Å². The maximum Gasteiger partial charge on any atom is 0.237 e. The third-order valence-corrected chi connectivity index (χ3v) is 3.34. The number of halogens is 1. The number of carbonyl (C=O) groups excluding carboxylic acids is 1. The molecule has 0 aromatic heterocycles. The van der Waals surface area contributed by atoms with Gasteiger partial charge in [0.25, 0.3) is 0 Å². The van der Waals surface area contributed by atoms with Gasteiger partial charge < -0.3 is 5.32 Å². The van der Waals surface area contributed by atoms with E-state index in [1.165, 1.54) is 5.56 Å².